The zero-order valence-electron chi connectivity index (χ0n) is 15.6. The number of nitrogens with zero attached hydrogens (tertiary/aromatic N) is 1. The van der Waals surface area contributed by atoms with Gasteiger partial charge in [-0.1, -0.05) is 12.1 Å². The number of amides is 3. The SMILES string of the molecule is CC(=O)N1CCc2cc(C(=O)NCC(Cc3ccc(F)cc3)C(N)=O)ccc21. The van der Waals surface area contributed by atoms with Crippen LogP contribution in [0.3, 0.4) is 0 Å². The molecule has 6 nitrogen and oxygen atoms in total. The molecule has 3 N–H and O–H groups in total. The molecule has 1 heterocycles. The number of nitrogens with two attached hydrogens (primary N) is 1. The summed E-state index contributed by atoms with van der Waals surface area (Å²) in [5.74, 6) is -1.82. The zero-order valence-corrected chi connectivity index (χ0v) is 15.6. The Morgan fingerprint density at radius 2 is 1.89 bits per heavy atom. The second kappa shape index (κ2) is 8.21. The van der Waals surface area contributed by atoms with Crippen molar-refractivity contribution in [3.05, 3.63) is 65.0 Å². The van der Waals surface area contributed by atoms with E-state index in [9.17, 15) is 18.8 Å². The summed E-state index contributed by atoms with van der Waals surface area (Å²) in [4.78, 5) is 37.5. The van der Waals surface area contributed by atoms with Gasteiger partial charge in [0.05, 0.1) is 5.92 Å². The topological polar surface area (TPSA) is 92.5 Å². The Bertz CT molecular complexity index is 912. The number of halogens is 1. The minimum absolute atomic E-state index is 0.0268. The smallest absolute Gasteiger partial charge is 0.251 e. The molecule has 0 spiro atoms. The van der Waals surface area contributed by atoms with Crippen molar-refractivity contribution < 1.29 is 18.8 Å². The average Bonchev–Trinajstić information content (AvgIpc) is 3.09. The fourth-order valence-electron chi connectivity index (χ4n) is 3.37. The fraction of sp³-hybridized carbons (Fsp3) is 0.286. The van der Waals surface area contributed by atoms with Gasteiger partial charge in [-0.3, -0.25) is 14.4 Å². The van der Waals surface area contributed by atoms with Crippen LogP contribution in [0.15, 0.2) is 42.5 Å². The molecule has 2 aromatic rings. The molecule has 3 rings (SSSR count). The second-order valence-corrected chi connectivity index (χ2v) is 6.90. The summed E-state index contributed by atoms with van der Waals surface area (Å²) >= 11 is 0. The minimum atomic E-state index is -0.600. The second-order valence-electron chi connectivity index (χ2n) is 6.90. The third kappa shape index (κ3) is 4.36. The van der Waals surface area contributed by atoms with Crippen LogP contribution in [0.25, 0.3) is 0 Å². The number of benzene rings is 2. The zero-order chi connectivity index (χ0) is 20.3. The van der Waals surface area contributed by atoms with Gasteiger partial charge in [0.15, 0.2) is 0 Å². The summed E-state index contributed by atoms with van der Waals surface area (Å²) in [6.45, 7) is 2.21. The fourth-order valence-corrected chi connectivity index (χ4v) is 3.37. The summed E-state index contributed by atoms with van der Waals surface area (Å²) < 4.78 is 13.0. The van der Waals surface area contributed by atoms with E-state index in [1.165, 1.54) is 19.1 Å². The van der Waals surface area contributed by atoms with E-state index < -0.39 is 11.8 Å². The lowest BCUT2D eigenvalue weighted by Gasteiger charge is -2.16. The molecule has 0 saturated heterocycles. The molecular weight excluding hydrogens is 361 g/mol. The number of carbonyl (C=O) groups is 3. The van der Waals surface area contributed by atoms with Crippen molar-refractivity contribution in [1.82, 2.24) is 5.32 Å². The summed E-state index contributed by atoms with van der Waals surface area (Å²) in [5, 5.41) is 2.74. The number of carbonyl (C=O) groups excluding carboxylic acids is 3. The largest absolute Gasteiger partial charge is 0.369 e. The molecule has 28 heavy (non-hydrogen) atoms. The summed E-state index contributed by atoms with van der Waals surface area (Å²) in [6, 6.07) is 11.0. The highest BCUT2D eigenvalue weighted by molar-refractivity contribution is 5.98. The first-order valence-electron chi connectivity index (χ1n) is 9.08. The first-order chi connectivity index (χ1) is 13.3. The van der Waals surface area contributed by atoms with Crippen molar-refractivity contribution in [1.29, 1.82) is 0 Å². The highest BCUT2D eigenvalue weighted by atomic mass is 19.1. The maximum Gasteiger partial charge on any atom is 0.251 e. The van der Waals surface area contributed by atoms with Gasteiger partial charge in [0, 0.05) is 31.3 Å². The molecule has 1 atom stereocenters. The molecule has 1 unspecified atom stereocenters. The Morgan fingerprint density at radius 3 is 2.54 bits per heavy atom. The van der Waals surface area contributed by atoms with Crippen molar-refractivity contribution >= 4 is 23.4 Å². The average molecular weight is 383 g/mol. The molecule has 0 aliphatic carbocycles. The summed E-state index contributed by atoms with van der Waals surface area (Å²) in [7, 11) is 0. The maximum atomic E-state index is 13.0. The van der Waals surface area contributed by atoms with Gasteiger partial charge in [0.1, 0.15) is 5.82 Å². The number of fused-ring (bicyclic) bond motifs is 1. The summed E-state index contributed by atoms with van der Waals surface area (Å²) in [6.07, 6.45) is 1.01. The van der Waals surface area contributed by atoms with Crippen LogP contribution >= 0.6 is 0 Å². The van der Waals surface area contributed by atoms with Crippen LogP contribution < -0.4 is 16.0 Å². The predicted octanol–water partition coefficient (Wildman–Crippen LogP) is 1.81. The molecule has 0 fully saturated rings. The Morgan fingerprint density at radius 1 is 1.18 bits per heavy atom. The summed E-state index contributed by atoms with van der Waals surface area (Å²) in [5.41, 5.74) is 8.46. The molecule has 146 valence electrons. The van der Waals surface area contributed by atoms with Crippen molar-refractivity contribution in [2.24, 2.45) is 11.7 Å². The lowest BCUT2D eigenvalue weighted by atomic mass is 9.98. The van der Waals surface area contributed by atoms with Crippen LogP contribution in [-0.2, 0) is 22.4 Å². The van der Waals surface area contributed by atoms with E-state index in [2.05, 4.69) is 5.32 Å². The van der Waals surface area contributed by atoms with Gasteiger partial charge < -0.3 is 16.0 Å². The van der Waals surface area contributed by atoms with Crippen LogP contribution in [0, 0.1) is 11.7 Å². The number of hydrogen-bond donors (Lipinski definition) is 2. The van der Waals surface area contributed by atoms with Gasteiger partial charge in [-0.05, 0) is 54.3 Å². The number of nitrogens with one attached hydrogen (secondary N) is 1. The van der Waals surface area contributed by atoms with Gasteiger partial charge in [-0.25, -0.2) is 4.39 Å². The van der Waals surface area contributed by atoms with E-state index in [-0.39, 0.29) is 24.2 Å². The Kier molecular flexibility index (Phi) is 5.73. The van der Waals surface area contributed by atoms with E-state index in [0.29, 0.717) is 24.9 Å². The minimum Gasteiger partial charge on any atom is -0.369 e. The molecule has 0 radical (unpaired) electrons. The number of primary amides is 1. The quantitative estimate of drug-likeness (QED) is 0.797. The number of rotatable bonds is 6. The normalized spacial score (nSPS) is 13.7. The molecule has 1 aliphatic heterocycles. The van der Waals surface area contributed by atoms with Gasteiger partial charge in [-0.2, -0.15) is 0 Å². The molecule has 3 amide bonds. The molecule has 1 aliphatic rings. The maximum absolute atomic E-state index is 13.0. The number of hydrogen-bond acceptors (Lipinski definition) is 3. The van der Waals surface area contributed by atoms with Gasteiger partial charge in [0.25, 0.3) is 5.91 Å². The van der Waals surface area contributed by atoms with Crippen LogP contribution in [0.2, 0.25) is 0 Å². The van der Waals surface area contributed by atoms with E-state index in [1.807, 2.05) is 0 Å². The molecule has 2 aromatic carbocycles. The van der Waals surface area contributed by atoms with Crippen molar-refractivity contribution in [2.45, 2.75) is 19.8 Å². The predicted molar refractivity (Wildman–Crippen MR) is 103 cm³/mol. The Labute approximate surface area is 162 Å². The third-order valence-electron chi connectivity index (χ3n) is 4.92. The van der Waals surface area contributed by atoms with Crippen LogP contribution in [-0.4, -0.2) is 30.8 Å². The van der Waals surface area contributed by atoms with Crippen molar-refractivity contribution in [3.8, 4) is 0 Å². The van der Waals surface area contributed by atoms with Gasteiger partial charge in [-0.15, -0.1) is 0 Å². The molecule has 7 heteroatoms. The molecule has 0 saturated carbocycles. The monoisotopic (exact) mass is 383 g/mol. The van der Waals surface area contributed by atoms with Crippen LogP contribution in [0.4, 0.5) is 10.1 Å². The first kappa shape index (κ1) is 19.5. The highest BCUT2D eigenvalue weighted by Crippen LogP contribution is 2.28. The Hall–Kier alpha value is -3.22. The van der Waals surface area contributed by atoms with Crippen LogP contribution in [0.1, 0.15) is 28.4 Å². The standard InChI is InChI=1S/C21H22FN3O3/c1-13(26)25-9-8-15-11-16(4-7-19(15)25)21(28)24-12-17(20(23)27)10-14-2-5-18(22)6-3-14/h2-7,11,17H,8-10,12H2,1H3,(H2,23,27)(H,24,28). The van der Waals surface area contributed by atoms with E-state index in [4.69, 9.17) is 5.73 Å². The van der Waals surface area contributed by atoms with E-state index in [0.717, 1.165) is 16.8 Å². The van der Waals surface area contributed by atoms with E-state index in [1.54, 1.807) is 35.2 Å². The van der Waals surface area contributed by atoms with Crippen molar-refractivity contribution in [3.63, 3.8) is 0 Å². The molecule has 0 aromatic heterocycles. The van der Waals surface area contributed by atoms with Crippen LogP contribution in [0.5, 0.6) is 0 Å². The molecular formula is C21H22FN3O3. The van der Waals surface area contributed by atoms with E-state index >= 15 is 0 Å². The molecule has 0 bridgehead atoms. The first-order valence-corrected chi connectivity index (χ1v) is 9.08. The highest BCUT2D eigenvalue weighted by Gasteiger charge is 2.23. The lowest BCUT2D eigenvalue weighted by Crippen LogP contribution is -2.37. The Balaban J connectivity index is 1.64. The number of anilines is 1. The van der Waals surface area contributed by atoms with Crippen molar-refractivity contribution in [2.75, 3.05) is 18.0 Å². The third-order valence-corrected chi connectivity index (χ3v) is 4.92. The van der Waals surface area contributed by atoms with Gasteiger partial charge >= 0.3 is 0 Å². The lowest BCUT2D eigenvalue weighted by molar-refractivity contribution is -0.121. The van der Waals surface area contributed by atoms with Gasteiger partial charge in [0.2, 0.25) is 11.8 Å².